The number of carbonyl (C=O) groups is 7. The standard InChI is InChI=1S/C41H64N12O10/c1-5-23(4)33(38(60)50-30(19-25-20-45-21-47-25)39(61)53-16-7-9-31(53)36(58)48-28(14-17-54)40(62)63)52-35(57)29(18-24-10-12-26(55)13-11-24)49-37(59)32(22(2)3)51-34(56)27(42)8-6-15-46-41(43)44/h10-13,20-23,27-33,54-55H,5-9,14-19,42H2,1-4H3,(H,45,47)(H,48,58)(H,49,59)(H,50,60)(H,51,56)(H,52,57)(H,62,63)(H4,43,44,46)/t23-,27-,28-,29-,30-,31-,32-,33-/m0/s1. The number of guanidine groups is 1. The number of aliphatic hydroxyl groups is 1. The average Bonchev–Trinajstić information content (AvgIpc) is 3.95. The Hall–Kier alpha value is -6.29. The molecule has 0 radical (unpaired) electrons. The molecule has 0 aliphatic carbocycles. The Morgan fingerprint density at radius 2 is 1.52 bits per heavy atom. The largest absolute Gasteiger partial charge is 0.508 e. The number of aromatic nitrogens is 2. The fourth-order valence-corrected chi connectivity index (χ4v) is 6.98. The van der Waals surface area contributed by atoms with Crippen LogP contribution in [0, 0.1) is 11.8 Å². The minimum absolute atomic E-state index is 0.0271. The first-order valence-electron chi connectivity index (χ1n) is 21.1. The second-order valence-electron chi connectivity index (χ2n) is 16.0. The smallest absolute Gasteiger partial charge is 0.326 e. The lowest BCUT2D eigenvalue weighted by atomic mass is 9.96. The maximum Gasteiger partial charge on any atom is 0.326 e. The number of aromatic amines is 1. The summed E-state index contributed by atoms with van der Waals surface area (Å²) < 4.78 is 0. The van der Waals surface area contributed by atoms with Crippen molar-refractivity contribution in [2.24, 2.45) is 34.0 Å². The number of phenols is 1. The molecular formula is C41H64N12O10. The predicted octanol–water partition coefficient (Wildman–Crippen LogP) is -2.13. The van der Waals surface area contributed by atoms with Crippen molar-refractivity contribution in [3.63, 3.8) is 0 Å². The van der Waals surface area contributed by atoms with Crippen molar-refractivity contribution in [2.45, 2.75) is 121 Å². The number of benzene rings is 1. The van der Waals surface area contributed by atoms with Crippen molar-refractivity contribution in [1.29, 1.82) is 0 Å². The number of aliphatic hydroxyl groups excluding tert-OH is 1. The van der Waals surface area contributed by atoms with Gasteiger partial charge in [0.1, 0.15) is 42.0 Å². The second-order valence-corrected chi connectivity index (χ2v) is 16.0. The molecule has 1 aromatic heterocycles. The van der Waals surface area contributed by atoms with Gasteiger partial charge in [0.15, 0.2) is 5.96 Å². The number of H-pyrrole nitrogens is 1. The maximum absolute atomic E-state index is 14.3. The number of carboxylic acid groups (broad SMARTS) is 1. The molecule has 1 aliphatic rings. The molecule has 0 saturated carbocycles. The zero-order valence-electron chi connectivity index (χ0n) is 36.2. The van der Waals surface area contributed by atoms with Crippen molar-refractivity contribution in [1.82, 2.24) is 41.5 Å². The fourth-order valence-electron chi connectivity index (χ4n) is 6.98. The summed E-state index contributed by atoms with van der Waals surface area (Å²) in [5.74, 6) is -6.59. The molecule has 15 N–H and O–H groups in total. The molecule has 2 aromatic rings. The van der Waals surface area contributed by atoms with Gasteiger partial charge in [0, 0.05) is 50.8 Å². The number of aliphatic imine (C=N–C) groups is 1. The quantitative estimate of drug-likeness (QED) is 0.0288. The van der Waals surface area contributed by atoms with E-state index in [1.165, 1.54) is 29.6 Å². The van der Waals surface area contributed by atoms with E-state index in [4.69, 9.17) is 17.2 Å². The molecule has 3 rings (SSSR count). The van der Waals surface area contributed by atoms with Crippen molar-refractivity contribution in [2.75, 3.05) is 19.7 Å². The first-order valence-corrected chi connectivity index (χ1v) is 21.1. The van der Waals surface area contributed by atoms with E-state index in [1.54, 1.807) is 39.8 Å². The summed E-state index contributed by atoms with van der Waals surface area (Å²) in [6.45, 7) is 6.83. The Bertz CT molecular complexity index is 1870. The number of nitrogens with one attached hydrogen (secondary N) is 6. The number of phenolic OH excluding ortho intramolecular Hbond substituents is 1. The highest BCUT2D eigenvalue weighted by molar-refractivity contribution is 5.97. The number of hydrogen-bond donors (Lipinski definition) is 12. The summed E-state index contributed by atoms with van der Waals surface area (Å²) >= 11 is 0. The molecule has 22 heteroatoms. The van der Waals surface area contributed by atoms with Crippen LogP contribution in [0.15, 0.2) is 41.8 Å². The minimum atomic E-state index is -1.38. The number of rotatable bonds is 25. The molecule has 0 spiro atoms. The number of carboxylic acids is 1. The average molecular weight is 885 g/mol. The summed E-state index contributed by atoms with van der Waals surface area (Å²) in [6, 6.07) is -2.42. The molecule has 0 unspecified atom stereocenters. The Morgan fingerprint density at radius 3 is 2.11 bits per heavy atom. The van der Waals surface area contributed by atoms with Gasteiger partial charge < -0.3 is 69.0 Å². The van der Waals surface area contributed by atoms with Crippen LogP contribution < -0.4 is 43.8 Å². The zero-order chi connectivity index (χ0) is 46.8. The Kier molecular flexibility index (Phi) is 20.2. The number of carbonyl (C=O) groups excluding carboxylic acids is 6. The van der Waals surface area contributed by atoms with Crippen molar-refractivity contribution in [3.05, 3.63) is 48.0 Å². The number of aromatic hydroxyl groups is 1. The van der Waals surface area contributed by atoms with Crippen LogP contribution in [0.3, 0.4) is 0 Å². The van der Waals surface area contributed by atoms with Gasteiger partial charge in [0.25, 0.3) is 0 Å². The molecule has 1 fully saturated rings. The van der Waals surface area contributed by atoms with E-state index in [0.29, 0.717) is 30.5 Å². The van der Waals surface area contributed by atoms with Gasteiger partial charge in [-0.2, -0.15) is 0 Å². The van der Waals surface area contributed by atoms with E-state index in [-0.39, 0.29) is 56.9 Å². The number of nitrogens with zero attached hydrogens (tertiary/aromatic N) is 3. The van der Waals surface area contributed by atoms with Crippen LogP contribution in [0.4, 0.5) is 0 Å². The van der Waals surface area contributed by atoms with Crippen LogP contribution in [0.2, 0.25) is 0 Å². The Morgan fingerprint density at radius 1 is 0.873 bits per heavy atom. The molecule has 63 heavy (non-hydrogen) atoms. The number of nitrogens with two attached hydrogens (primary N) is 3. The van der Waals surface area contributed by atoms with Gasteiger partial charge >= 0.3 is 5.97 Å². The zero-order valence-corrected chi connectivity index (χ0v) is 36.2. The van der Waals surface area contributed by atoms with Gasteiger partial charge in [-0.1, -0.05) is 46.2 Å². The van der Waals surface area contributed by atoms with E-state index in [0.717, 1.165) is 0 Å². The van der Waals surface area contributed by atoms with Crippen molar-refractivity contribution < 1.29 is 48.9 Å². The number of likely N-dealkylation sites (tertiary alicyclic amines) is 1. The van der Waals surface area contributed by atoms with Crippen molar-refractivity contribution in [3.8, 4) is 5.75 Å². The first-order chi connectivity index (χ1) is 29.9. The molecule has 1 saturated heterocycles. The summed E-state index contributed by atoms with van der Waals surface area (Å²) in [4.78, 5) is 107. The van der Waals surface area contributed by atoms with E-state index in [9.17, 15) is 48.9 Å². The van der Waals surface area contributed by atoms with E-state index in [2.05, 4.69) is 41.5 Å². The van der Waals surface area contributed by atoms with Crippen LogP contribution in [0.5, 0.6) is 5.75 Å². The lowest BCUT2D eigenvalue weighted by molar-refractivity contribution is -0.145. The normalized spacial score (nSPS) is 16.9. The van der Waals surface area contributed by atoms with Gasteiger partial charge in [0.05, 0.1) is 12.4 Å². The lowest BCUT2D eigenvalue weighted by Crippen LogP contribution is -2.61. The third-order valence-corrected chi connectivity index (χ3v) is 10.8. The SMILES string of the molecule is CC[C@H](C)[C@H](NC(=O)[C@H](Cc1ccc(O)cc1)NC(=O)[C@@H](NC(=O)[C@@H](N)CCCN=C(N)N)C(C)C)C(=O)N[C@@H](Cc1cnc[nH]1)C(=O)N1CCC[C@H]1C(=O)N[C@@H](CCO)C(=O)O. The number of aliphatic carboxylic acids is 1. The Labute approximate surface area is 366 Å². The monoisotopic (exact) mass is 884 g/mol. The van der Waals surface area contributed by atoms with E-state index >= 15 is 0 Å². The molecule has 1 aromatic carbocycles. The molecule has 6 amide bonds. The second kappa shape index (κ2) is 25.0. The molecule has 0 bridgehead atoms. The number of imidazole rings is 1. The maximum atomic E-state index is 14.3. The van der Waals surface area contributed by atoms with Gasteiger partial charge in [-0.05, 0) is 55.2 Å². The topological polar surface area (TPSA) is 363 Å². The van der Waals surface area contributed by atoms with Gasteiger partial charge in [0.2, 0.25) is 35.4 Å². The molecular weight excluding hydrogens is 821 g/mol. The molecule has 22 nitrogen and oxygen atoms in total. The summed E-state index contributed by atoms with van der Waals surface area (Å²) in [5.41, 5.74) is 17.8. The highest BCUT2D eigenvalue weighted by atomic mass is 16.4. The summed E-state index contributed by atoms with van der Waals surface area (Å²) in [7, 11) is 0. The van der Waals surface area contributed by atoms with Crippen molar-refractivity contribution >= 4 is 47.4 Å². The predicted molar refractivity (Wildman–Crippen MR) is 230 cm³/mol. The van der Waals surface area contributed by atoms with E-state index < -0.39 is 102 Å². The van der Waals surface area contributed by atoms with Crippen LogP contribution in [-0.2, 0) is 46.4 Å². The highest BCUT2D eigenvalue weighted by Gasteiger charge is 2.40. The minimum Gasteiger partial charge on any atom is -0.508 e. The highest BCUT2D eigenvalue weighted by Crippen LogP contribution is 2.21. The first kappa shape index (κ1) is 51.1. The van der Waals surface area contributed by atoms with Gasteiger partial charge in [-0.25, -0.2) is 9.78 Å². The summed E-state index contributed by atoms with van der Waals surface area (Å²) in [5, 5.41) is 42.1. The molecule has 1 aliphatic heterocycles. The van der Waals surface area contributed by atoms with Crippen LogP contribution in [0.25, 0.3) is 0 Å². The molecule has 2 heterocycles. The third-order valence-electron chi connectivity index (χ3n) is 10.8. The molecule has 8 atom stereocenters. The number of amides is 6. The van der Waals surface area contributed by atoms with Gasteiger partial charge in [-0.3, -0.25) is 33.8 Å². The third kappa shape index (κ3) is 15.8. The lowest BCUT2D eigenvalue weighted by Gasteiger charge is -2.32. The van der Waals surface area contributed by atoms with E-state index in [1.807, 2.05) is 0 Å². The molecule has 348 valence electrons. The summed E-state index contributed by atoms with van der Waals surface area (Å²) in [6.07, 6.45) is 4.11. The van der Waals surface area contributed by atoms with Gasteiger partial charge in [-0.15, -0.1) is 0 Å². The fraction of sp³-hybridized carbons (Fsp3) is 0.585. The Balaban J connectivity index is 1.88. The van der Waals surface area contributed by atoms with Crippen LogP contribution >= 0.6 is 0 Å². The number of hydrogen-bond acceptors (Lipinski definition) is 12. The van der Waals surface area contributed by atoms with Crippen LogP contribution in [0.1, 0.15) is 77.5 Å². The van der Waals surface area contributed by atoms with Crippen LogP contribution in [-0.4, -0.2) is 140 Å².